The number of rotatable bonds is 4. The van der Waals surface area contributed by atoms with Crippen LogP contribution in [0.25, 0.3) is 16.7 Å². The summed E-state index contributed by atoms with van der Waals surface area (Å²) < 4.78 is 39.1. The van der Waals surface area contributed by atoms with Crippen LogP contribution in [0.5, 0.6) is 11.5 Å². The van der Waals surface area contributed by atoms with E-state index in [1.165, 1.54) is 16.9 Å². The van der Waals surface area contributed by atoms with E-state index in [9.17, 15) is 8.78 Å². The number of halogens is 3. The first kappa shape index (κ1) is 19.9. The van der Waals surface area contributed by atoms with Crippen LogP contribution < -0.4 is 10.1 Å². The molecule has 5 aromatic rings. The third kappa shape index (κ3) is 3.18. The molecular formula is C21H17ClF2N8O. The summed E-state index contributed by atoms with van der Waals surface area (Å²) in [5.41, 5.74) is 1.59. The molecule has 33 heavy (non-hydrogen) atoms. The summed E-state index contributed by atoms with van der Waals surface area (Å²) in [6.45, 7) is 0.451. The molecule has 9 nitrogen and oxygen atoms in total. The van der Waals surface area contributed by atoms with Gasteiger partial charge in [-0.3, -0.25) is 4.68 Å². The Morgan fingerprint density at radius 3 is 2.94 bits per heavy atom. The molecule has 0 saturated carbocycles. The normalized spacial score (nSPS) is 15.2. The van der Waals surface area contributed by atoms with Gasteiger partial charge >= 0.3 is 0 Å². The van der Waals surface area contributed by atoms with E-state index in [-0.39, 0.29) is 17.9 Å². The lowest BCUT2D eigenvalue weighted by atomic mass is 10.1. The molecule has 0 atom stereocenters. The number of fused-ring (bicyclic) bond motifs is 3. The van der Waals surface area contributed by atoms with Gasteiger partial charge in [-0.25, -0.2) is 9.50 Å². The first-order valence-corrected chi connectivity index (χ1v) is 10.6. The molecule has 0 spiro atoms. The number of pyridine rings is 2. The second-order valence-corrected chi connectivity index (χ2v) is 8.19. The fourth-order valence-electron chi connectivity index (χ4n) is 4.04. The molecule has 1 aliphatic rings. The van der Waals surface area contributed by atoms with Crippen molar-refractivity contribution in [3.05, 3.63) is 53.6 Å². The number of aryl methyl sites for hydroxylation is 2. The van der Waals surface area contributed by atoms with Gasteiger partial charge in [-0.15, -0.1) is 0 Å². The number of alkyl halides is 2. The van der Waals surface area contributed by atoms with E-state index < -0.39 is 5.92 Å². The van der Waals surface area contributed by atoms with Crippen LogP contribution >= 0.6 is 11.6 Å². The fraction of sp³-hybridized carbons (Fsp3) is 0.238. The summed E-state index contributed by atoms with van der Waals surface area (Å²) in [6, 6.07) is 6.98. The molecule has 0 fully saturated rings. The Bertz CT molecular complexity index is 1520. The SMILES string of the molecule is Cn1c(Nc2cc3n(n2)CCCC3(F)F)nc2ncc(Oc3cnn4ccccc34)c(Cl)c21. The topological polar surface area (TPSA) is 87.1 Å². The lowest BCUT2D eigenvalue weighted by Crippen LogP contribution is -2.25. The summed E-state index contributed by atoms with van der Waals surface area (Å²) >= 11 is 6.65. The minimum Gasteiger partial charge on any atom is -0.450 e. The molecule has 0 saturated heterocycles. The molecule has 0 bridgehead atoms. The average Bonchev–Trinajstić information content (AvgIpc) is 3.47. The Morgan fingerprint density at radius 1 is 1.21 bits per heavy atom. The van der Waals surface area contributed by atoms with Gasteiger partial charge in [0.2, 0.25) is 5.95 Å². The van der Waals surface area contributed by atoms with E-state index in [0.29, 0.717) is 46.6 Å². The highest BCUT2D eigenvalue weighted by Crippen LogP contribution is 2.39. The highest BCUT2D eigenvalue weighted by atomic mass is 35.5. The number of hydrogen-bond acceptors (Lipinski definition) is 6. The first-order chi connectivity index (χ1) is 15.9. The van der Waals surface area contributed by atoms with Crippen molar-refractivity contribution >= 4 is 40.0 Å². The van der Waals surface area contributed by atoms with E-state index in [1.807, 2.05) is 24.4 Å². The van der Waals surface area contributed by atoms with Gasteiger partial charge in [0.15, 0.2) is 23.0 Å². The molecule has 0 amide bonds. The molecule has 1 aliphatic heterocycles. The largest absolute Gasteiger partial charge is 0.450 e. The maximum Gasteiger partial charge on any atom is 0.289 e. The van der Waals surface area contributed by atoms with Crippen LogP contribution in [0.4, 0.5) is 20.5 Å². The zero-order valence-electron chi connectivity index (χ0n) is 17.3. The number of imidazole rings is 1. The van der Waals surface area contributed by atoms with Crippen LogP contribution in [0.1, 0.15) is 18.5 Å². The molecule has 1 N–H and O–H groups in total. The van der Waals surface area contributed by atoms with Gasteiger partial charge in [0.25, 0.3) is 5.92 Å². The van der Waals surface area contributed by atoms with Crippen molar-refractivity contribution < 1.29 is 13.5 Å². The number of aromatic nitrogens is 7. The fourth-order valence-corrected chi connectivity index (χ4v) is 4.34. The van der Waals surface area contributed by atoms with Crippen LogP contribution in [0, 0.1) is 0 Å². The van der Waals surface area contributed by atoms with Gasteiger partial charge in [0.05, 0.1) is 12.4 Å². The van der Waals surface area contributed by atoms with Gasteiger partial charge < -0.3 is 14.6 Å². The molecule has 0 aromatic carbocycles. The minimum atomic E-state index is -2.90. The Labute approximate surface area is 190 Å². The Balaban J connectivity index is 1.35. The molecule has 5 aromatic heterocycles. The molecule has 0 radical (unpaired) electrons. The molecule has 168 valence electrons. The molecule has 6 rings (SSSR count). The van der Waals surface area contributed by atoms with Gasteiger partial charge in [-0.1, -0.05) is 17.7 Å². The highest BCUT2D eigenvalue weighted by molar-refractivity contribution is 6.36. The first-order valence-electron chi connectivity index (χ1n) is 10.2. The van der Waals surface area contributed by atoms with E-state index in [2.05, 4.69) is 25.5 Å². The Morgan fingerprint density at radius 2 is 2.09 bits per heavy atom. The van der Waals surface area contributed by atoms with Gasteiger partial charge in [0.1, 0.15) is 21.7 Å². The highest BCUT2D eigenvalue weighted by Gasteiger charge is 2.38. The summed E-state index contributed by atoms with van der Waals surface area (Å²) in [5.74, 6) is -1.37. The number of nitrogens with one attached hydrogen (secondary N) is 1. The lowest BCUT2D eigenvalue weighted by molar-refractivity contribution is -0.0364. The molecular weight excluding hydrogens is 454 g/mol. The van der Waals surface area contributed by atoms with Crippen LogP contribution in [0.2, 0.25) is 5.02 Å². The van der Waals surface area contributed by atoms with E-state index in [0.717, 1.165) is 5.52 Å². The number of nitrogens with zero attached hydrogens (tertiary/aromatic N) is 7. The monoisotopic (exact) mass is 470 g/mol. The molecule has 6 heterocycles. The predicted octanol–water partition coefficient (Wildman–Crippen LogP) is 4.89. The number of ether oxygens (including phenoxy) is 1. The Hall–Kier alpha value is -3.73. The van der Waals surface area contributed by atoms with Gasteiger partial charge in [-0.05, 0) is 18.6 Å². The van der Waals surface area contributed by atoms with Crippen LogP contribution in [-0.2, 0) is 19.5 Å². The summed E-state index contributed by atoms with van der Waals surface area (Å²) in [7, 11) is 1.74. The van der Waals surface area contributed by atoms with Crippen molar-refractivity contribution in [2.75, 3.05) is 5.32 Å². The van der Waals surface area contributed by atoms with Gasteiger partial charge in [-0.2, -0.15) is 24.0 Å². The zero-order valence-corrected chi connectivity index (χ0v) is 18.1. The zero-order chi connectivity index (χ0) is 22.7. The van der Waals surface area contributed by atoms with E-state index in [1.54, 1.807) is 22.3 Å². The van der Waals surface area contributed by atoms with Crippen molar-refractivity contribution in [3.63, 3.8) is 0 Å². The van der Waals surface area contributed by atoms with E-state index in [4.69, 9.17) is 16.3 Å². The lowest BCUT2D eigenvalue weighted by Gasteiger charge is -2.22. The van der Waals surface area contributed by atoms with Crippen molar-refractivity contribution in [1.82, 2.24) is 33.9 Å². The smallest absolute Gasteiger partial charge is 0.289 e. The van der Waals surface area contributed by atoms with E-state index >= 15 is 0 Å². The third-order valence-corrected chi connectivity index (χ3v) is 6.04. The van der Waals surface area contributed by atoms with Crippen LogP contribution in [0.3, 0.4) is 0 Å². The third-order valence-electron chi connectivity index (χ3n) is 5.67. The van der Waals surface area contributed by atoms with Crippen molar-refractivity contribution in [2.24, 2.45) is 7.05 Å². The molecule has 0 aliphatic carbocycles. The maximum atomic E-state index is 14.2. The second kappa shape index (κ2) is 7.14. The molecule has 0 unspecified atom stereocenters. The predicted molar refractivity (Wildman–Crippen MR) is 117 cm³/mol. The van der Waals surface area contributed by atoms with Gasteiger partial charge in [0, 0.05) is 32.3 Å². The second-order valence-electron chi connectivity index (χ2n) is 7.82. The van der Waals surface area contributed by atoms with Crippen molar-refractivity contribution in [1.29, 1.82) is 0 Å². The molecule has 12 heteroatoms. The van der Waals surface area contributed by atoms with Crippen molar-refractivity contribution in [2.45, 2.75) is 25.3 Å². The minimum absolute atomic E-state index is 0.102. The quantitative estimate of drug-likeness (QED) is 0.402. The summed E-state index contributed by atoms with van der Waals surface area (Å²) in [4.78, 5) is 8.81. The van der Waals surface area contributed by atoms with Crippen molar-refractivity contribution in [3.8, 4) is 11.5 Å². The number of hydrogen-bond donors (Lipinski definition) is 1. The summed E-state index contributed by atoms with van der Waals surface area (Å²) in [5, 5.41) is 11.8. The van der Waals surface area contributed by atoms with Crippen LogP contribution in [-0.4, -0.2) is 33.9 Å². The Kier molecular flexibility index (Phi) is 4.31. The number of anilines is 2. The average molecular weight is 471 g/mol. The maximum absolute atomic E-state index is 14.2. The van der Waals surface area contributed by atoms with Crippen LogP contribution in [0.15, 0.2) is 42.9 Å². The standard InChI is InChI=1S/C21H17ClF2N8O/c1-30-18-17(22)14(33-13-11-26-31-7-3-2-5-12(13)31)10-25-19(18)28-20(30)27-16-9-15-21(23,24)6-4-8-32(15)29-16/h2-3,5,7,9-11H,4,6,8H2,1H3,(H,25,27,28,29). The summed E-state index contributed by atoms with van der Waals surface area (Å²) in [6.07, 6.45) is 5.10.